The largest absolute Gasteiger partial charge is 0.258 e. The van der Waals surface area contributed by atoms with Gasteiger partial charge in [0.15, 0.2) is 0 Å². The molecular formula is C7H18N4. The lowest BCUT2D eigenvalue weighted by Gasteiger charge is -2.38. The van der Waals surface area contributed by atoms with Gasteiger partial charge in [0.05, 0.1) is 0 Å². The second-order valence-electron chi connectivity index (χ2n) is 2.94. The van der Waals surface area contributed by atoms with E-state index in [4.69, 9.17) is 0 Å². The van der Waals surface area contributed by atoms with Crippen LogP contribution in [0.15, 0.2) is 0 Å². The van der Waals surface area contributed by atoms with Crippen LogP contribution in [-0.2, 0) is 0 Å². The Bertz CT molecular complexity index is 117. The van der Waals surface area contributed by atoms with Gasteiger partial charge in [0.2, 0.25) is 0 Å². The number of nitrogens with one attached hydrogen (secondary N) is 2. The normalized spacial score (nSPS) is 29.2. The SMILES string of the molecule is CNN1CCN(NC)[C@@H](C)C1. The predicted octanol–water partition coefficient (Wildman–Crippen LogP) is -0.739. The van der Waals surface area contributed by atoms with Gasteiger partial charge in [-0.3, -0.25) is 10.9 Å². The fourth-order valence-electron chi connectivity index (χ4n) is 1.49. The van der Waals surface area contributed by atoms with E-state index in [-0.39, 0.29) is 0 Å². The van der Waals surface area contributed by atoms with Crippen molar-refractivity contribution in [3.63, 3.8) is 0 Å². The molecule has 0 aromatic heterocycles. The molecule has 1 saturated heterocycles. The molecule has 4 nitrogen and oxygen atoms in total. The molecule has 0 aromatic rings. The summed E-state index contributed by atoms with van der Waals surface area (Å²) in [6.45, 7) is 5.47. The molecule has 0 saturated carbocycles. The lowest BCUT2D eigenvalue weighted by atomic mass is 10.2. The lowest BCUT2D eigenvalue weighted by Crippen LogP contribution is -2.58. The molecular weight excluding hydrogens is 140 g/mol. The van der Waals surface area contributed by atoms with E-state index in [9.17, 15) is 0 Å². The van der Waals surface area contributed by atoms with Crippen LogP contribution >= 0.6 is 0 Å². The first-order chi connectivity index (χ1) is 5.27. The maximum Gasteiger partial charge on any atom is 0.0357 e. The van der Waals surface area contributed by atoms with E-state index >= 15 is 0 Å². The highest BCUT2D eigenvalue weighted by Gasteiger charge is 2.20. The van der Waals surface area contributed by atoms with Gasteiger partial charge in [-0.1, -0.05) is 0 Å². The van der Waals surface area contributed by atoms with Crippen molar-refractivity contribution in [2.24, 2.45) is 0 Å². The van der Waals surface area contributed by atoms with Crippen LogP contribution in [0.25, 0.3) is 0 Å². The molecule has 1 aliphatic heterocycles. The first kappa shape index (κ1) is 8.93. The second kappa shape index (κ2) is 4.01. The molecule has 0 aromatic carbocycles. The van der Waals surface area contributed by atoms with E-state index in [1.807, 2.05) is 14.1 Å². The van der Waals surface area contributed by atoms with E-state index < -0.39 is 0 Å². The number of hydrogen-bond donors (Lipinski definition) is 2. The van der Waals surface area contributed by atoms with Gasteiger partial charge < -0.3 is 0 Å². The third-order valence-corrected chi connectivity index (χ3v) is 2.23. The zero-order chi connectivity index (χ0) is 8.27. The highest BCUT2D eigenvalue weighted by Crippen LogP contribution is 2.02. The standard InChI is InChI=1S/C7H18N4/c1-7-6-10(8-2)4-5-11(7)9-3/h7-9H,4-6H2,1-3H3/t7-/m0/s1. The van der Waals surface area contributed by atoms with E-state index in [1.165, 1.54) is 0 Å². The molecule has 0 aliphatic carbocycles. The molecule has 1 rings (SSSR count). The molecule has 0 spiro atoms. The minimum absolute atomic E-state index is 0.584. The highest BCUT2D eigenvalue weighted by molar-refractivity contribution is 4.73. The Morgan fingerprint density at radius 1 is 1.18 bits per heavy atom. The van der Waals surface area contributed by atoms with Gasteiger partial charge >= 0.3 is 0 Å². The average molecular weight is 158 g/mol. The van der Waals surface area contributed by atoms with Crippen molar-refractivity contribution in [3.05, 3.63) is 0 Å². The summed E-state index contributed by atoms with van der Waals surface area (Å²) in [5, 5.41) is 4.49. The predicted molar refractivity (Wildman–Crippen MR) is 45.9 cm³/mol. The molecule has 11 heavy (non-hydrogen) atoms. The summed E-state index contributed by atoms with van der Waals surface area (Å²) in [6.07, 6.45) is 0. The third kappa shape index (κ3) is 2.13. The van der Waals surface area contributed by atoms with Crippen LogP contribution in [-0.4, -0.2) is 49.8 Å². The molecule has 0 unspecified atom stereocenters. The topological polar surface area (TPSA) is 30.5 Å². The van der Waals surface area contributed by atoms with Crippen LogP contribution in [0.4, 0.5) is 0 Å². The lowest BCUT2D eigenvalue weighted by molar-refractivity contribution is 0.0290. The maximum absolute atomic E-state index is 3.18. The second-order valence-corrected chi connectivity index (χ2v) is 2.94. The fraction of sp³-hybridized carbons (Fsp3) is 1.00. The van der Waals surface area contributed by atoms with Crippen LogP contribution in [0.1, 0.15) is 6.92 Å². The average Bonchev–Trinajstić information content (AvgIpc) is 2.04. The van der Waals surface area contributed by atoms with Gasteiger partial charge in [-0.25, -0.2) is 10.0 Å². The number of hydrogen-bond acceptors (Lipinski definition) is 4. The Balaban J connectivity index is 2.34. The summed E-state index contributed by atoms with van der Waals surface area (Å²) in [5.74, 6) is 0. The monoisotopic (exact) mass is 158 g/mol. The number of rotatable bonds is 2. The zero-order valence-corrected chi connectivity index (χ0v) is 7.59. The van der Waals surface area contributed by atoms with Crippen LogP contribution in [0.3, 0.4) is 0 Å². The van der Waals surface area contributed by atoms with Crippen LogP contribution in [0, 0.1) is 0 Å². The maximum atomic E-state index is 3.18. The molecule has 1 atom stereocenters. The Kier molecular flexibility index (Phi) is 3.26. The molecule has 1 aliphatic rings. The Labute approximate surface area is 68.5 Å². The molecule has 1 heterocycles. The summed E-state index contributed by atoms with van der Waals surface area (Å²) >= 11 is 0. The van der Waals surface area contributed by atoms with Gasteiger partial charge in [0, 0.05) is 25.7 Å². The molecule has 4 heteroatoms. The summed E-state index contributed by atoms with van der Waals surface area (Å²) in [5.41, 5.74) is 6.34. The van der Waals surface area contributed by atoms with Gasteiger partial charge in [-0.2, -0.15) is 0 Å². The molecule has 0 bridgehead atoms. The Hall–Kier alpha value is -0.160. The van der Waals surface area contributed by atoms with E-state index in [0.717, 1.165) is 19.6 Å². The molecule has 0 radical (unpaired) electrons. The smallest absolute Gasteiger partial charge is 0.0357 e. The minimum Gasteiger partial charge on any atom is -0.258 e. The van der Waals surface area contributed by atoms with Crippen LogP contribution in [0.2, 0.25) is 0 Å². The van der Waals surface area contributed by atoms with Crippen molar-refractivity contribution in [3.8, 4) is 0 Å². The Morgan fingerprint density at radius 2 is 1.91 bits per heavy atom. The summed E-state index contributed by atoms with van der Waals surface area (Å²) < 4.78 is 0. The van der Waals surface area contributed by atoms with E-state index in [2.05, 4.69) is 27.8 Å². The van der Waals surface area contributed by atoms with Crippen molar-refractivity contribution in [1.82, 2.24) is 20.9 Å². The van der Waals surface area contributed by atoms with E-state index in [1.54, 1.807) is 0 Å². The molecule has 66 valence electrons. The zero-order valence-electron chi connectivity index (χ0n) is 7.59. The summed E-state index contributed by atoms with van der Waals surface area (Å²) in [6, 6.07) is 0.584. The third-order valence-electron chi connectivity index (χ3n) is 2.23. The van der Waals surface area contributed by atoms with Crippen molar-refractivity contribution < 1.29 is 0 Å². The van der Waals surface area contributed by atoms with Crippen molar-refractivity contribution in [1.29, 1.82) is 0 Å². The van der Waals surface area contributed by atoms with Gasteiger partial charge in [0.1, 0.15) is 0 Å². The van der Waals surface area contributed by atoms with Gasteiger partial charge in [0.25, 0.3) is 0 Å². The number of piperazine rings is 1. The van der Waals surface area contributed by atoms with Crippen molar-refractivity contribution in [2.45, 2.75) is 13.0 Å². The quantitative estimate of drug-likeness (QED) is 0.554. The van der Waals surface area contributed by atoms with E-state index in [0.29, 0.717) is 6.04 Å². The molecule has 2 N–H and O–H groups in total. The fourth-order valence-corrected chi connectivity index (χ4v) is 1.49. The van der Waals surface area contributed by atoms with Gasteiger partial charge in [-0.05, 0) is 21.0 Å². The number of nitrogens with zero attached hydrogens (tertiary/aromatic N) is 2. The Morgan fingerprint density at radius 3 is 2.36 bits per heavy atom. The van der Waals surface area contributed by atoms with Crippen LogP contribution < -0.4 is 10.9 Å². The summed E-state index contributed by atoms with van der Waals surface area (Å²) in [4.78, 5) is 0. The molecule has 0 amide bonds. The molecule has 1 fully saturated rings. The first-order valence-electron chi connectivity index (χ1n) is 4.14. The first-order valence-corrected chi connectivity index (χ1v) is 4.14. The van der Waals surface area contributed by atoms with Gasteiger partial charge in [-0.15, -0.1) is 0 Å². The number of hydrazine groups is 2. The van der Waals surface area contributed by atoms with Crippen LogP contribution in [0.5, 0.6) is 0 Å². The summed E-state index contributed by atoms with van der Waals surface area (Å²) in [7, 11) is 3.95. The van der Waals surface area contributed by atoms with Crippen molar-refractivity contribution >= 4 is 0 Å². The van der Waals surface area contributed by atoms with Crippen molar-refractivity contribution in [2.75, 3.05) is 33.7 Å². The minimum atomic E-state index is 0.584. The highest BCUT2D eigenvalue weighted by atomic mass is 15.6.